The molecule has 0 spiro atoms. The lowest BCUT2D eigenvalue weighted by Crippen LogP contribution is -2.56. The number of hydrogen-bond donors (Lipinski definition) is 0. The molecule has 2 heterocycles. The van der Waals surface area contributed by atoms with Crippen molar-refractivity contribution in [3.8, 4) is 0 Å². The molecular weight excluding hydrogens is 366 g/mol. The lowest BCUT2D eigenvalue weighted by Gasteiger charge is -2.39. The van der Waals surface area contributed by atoms with Gasteiger partial charge in [0, 0.05) is 46.8 Å². The third-order valence-electron chi connectivity index (χ3n) is 4.66. The number of nitrogens with zero attached hydrogens (tertiary/aromatic N) is 5. The van der Waals surface area contributed by atoms with Crippen LogP contribution >= 0.6 is 0 Å². The van der Waals surface area contributed by atoms with Gasteiger partial charge in [-0.1, -0.05) is 6.07 Å². The van der Waals surface area contributed by atoms with Crippen LogP contribution in [-0.2, 0) is 17.5 Å². The number of carbonyl (C=O) groups is 1. The third-order valence-corrected chi connectivity index (χ3v) is 4.66. The summed E-state index contributed by atoms with van der Waals surface area (Å²) in [7, 11) is 3.46. The van der Waals surface area contributed by atoms with Crippen molar-refractivity contribution in [2.24, 2.45) is 5.10 Å². The van der Waals surface area contributed by atoms with Gasteiger partial charge in [0.1, 0.15) is 12.5 Å². The van der Waals surface area contributed by atoms with E-state index in [1.54, 1.807) is 24.0 Å². The maximum atomic E-state index is 13.2. The van der Waals surface area contributed by atoms with E-state index in [0.29, 0.717) is 44.7 Å². The summed E-state index contributed by atoms with van der Waals surface area (Å²) in [6.45, 7) is 2.41. The van der Waals surface area contributed by atoms with Gasteiger partial charge >= 0.3 is 6.18 Å². The van der Waals surface area contributed by atoms with E-state index in [-0.39, 0.29) is 18.0 Å². The number of carbonyl (C=O) groups excluding carboxylic acids is 1. The molecule has 1 saturated heterocycles. The minimum absolute atomic E-state index is 0.0444. The number of halogens is 4. The van der Waals surface area contributed by atoms with Gasteiger partial charge in [-0.15, -0.1) is 0 Å². The Kier molecular flexibility index (Phi) is 5.27. The standard InChI is InChI=1S/C17H21F4N5O/c1-23-11-24(2)22-15(16(23)27)26-7-5-25(6-8-26)10-12-3-4-13(18)9-14(12)17(19,20)21/h3-4,9H,5-8,10-11H2,1-2H3. The highest BCUT2D eigenvalue weighted by Gasteiger charge is 2.35. The van der Waals surface area contributed by atoms with Gasteiger partial charge in [0.05, 0.1) is 5.56 Å². The normalized spacial score (nSPS) is 19.6. The van der Waals surface area contributed by atoms with Crippen molar-refractivity contribution in [1.82, 2.24) is 19.7 Å². The number of amides is 1. The Bertz CT molecular complexity index is 743. The molecule has 1 fully saturated rings. The van der Waals surface area contributed by atoms with Gasteiger partial charge in [-0.25, -0.2) is 4.39 Å². The van der Waals surface area contributed by atoms with Gasteiger partial charge in [-0.2, -0.15) is 18.3 Å². The quantitative estimate of drug-likeness (QED) is 0.724. The van der Waals surface area contributed by atoms with Gasteiger partial charge in [-0.3, -0.25) is 14.7 Å². The number of hydrogen-bond acceptors (Lipinski definition) is 5. The van der Waals surface area contributed by atoms with Gasteiger partial charge in [0.25, 0.3) is 5.91 Å². The summed E-state index contributed by atoms with van der Waals surface area (Å²) >= 11 is 0. The molecule has 1 aromatic rings. The molecule has 6 nitrogen and oxygen atoms in total. The first-order valence-electron chi connectivity index (χ1n) is 8.53. The summed E-state index contributed by atoms with van der Waals surface area (Å²) in [5.41, 5.74) is -0.900. The van der Waals surface area contributed by atoms with E-state index in [2.05, 4.69) is 5.10 Å². The summed E-state index contributed by atoms with van der Waals surface area (Å²) in [5.74, 6) is -0.721. The zero-order valence-electron chi connectivity index (χ0n) is 15.1. The number of hydrazone groups is 1. The second-order valence-electron chi connectivity index (χ2n) is 6.79. The molecule has 0 atom stereocenters. The number of alkyl halides is 3. The van der Waals surface area contributed by atoms with Crippen LogP contribution in [0.2, 0.25) is 0 Å². The van der Waals surface area contributed by atoms with E-state index in [0.717, 1.165) is 6.07 Å². The zero-order valence-corrected chi connectivity index (χ0v) is 15.1. The average Bonchev–Trinajstić information content (AvgIpc) is 2.59. The van der Waals surface area contributed by atoms with E-state index >= 15 is 0 Å². The number of piperazine rings is 1. The van der Waals surface area contributed by atoms with Crippen molar-refractivity contribution < 1.29 is 22.4 Å². The Hall–Kier alpha value is -2.36. The highest BCUT2D eigenvalue weighted by Crippen LogP contribution is 2.33. The maximum Gasteiger partial charge on any atom is 0.416 e. The minimum atomic E-state index is -4.60. The molecular formula is C17H21F4N5O. The average molecular weight is 387 g/mol. The molecule has 0 aromatic heterocycles. The van der Waals surface area contributed by atoms with Crippen molar-refractivity contribution in [2.75, 3.05) is 46.9 Å². The third kappa shape index (κ3) is 4.32. The van der Waals surface area contributed by atoms with Crippen LogP contribution in [0.5, 0.6) is 0 Å². The smallest absolute Gasteiger partial charge is 0.348 e. The molecule has 3 rings (SSSR count). The van der Waals surface area contributed by atoms with Gasteiger partial charge < -0.3 is 9.80 Å². The van der Waals surface area contributed by atoms with E-state index < -0.39 is 17.6 Å². The molecule has 1 amide bonds. The number of rotatable bonds is 2. The Morgan fingerprint density at radius 1 is 1.11 bits per heavy atom. The predicted molar refractivity (Wildman–Crippen MR) is 91.1 cm³/mol. The van der Waals surface area contributed by atoms with Crippen LogP contribution in [-0.4, -0.2) is 78.4 Å². The van der Waals surface area contributed by atoms with E-state index in [1.807, 2.05) is 9.80 Å². The highest BCUT2D eigenvalue weighted by molar-refractivity contribution is 6.37. The molecule has 0 aliphatic carbocycles. The van der Waals surface area contributed by atoms with Crippen molar-refractivity contribution >= 4 is 11.7 Å². The molecule has 27 heavy (non-hydrogen) atoms. The molecule has 0 N–H and O–H groups in total. The molecule has 0 bridgehead atoms. The molecule has 2 aliphatic rings. The first-order chi connectivity index (χ1) is 12.6. The lowest BCUT2D eigenvalue weighted by molar-refractivity contribution is -0.138. The fourth-order valence-electron chi connectivity index (χ4n) is 3.29. The van der Waals surface area contributed by atoms with Gasteiger partial charge in [0.15, 0.2) is 0 Å². The van der Waals surface area contributed by atoms with Crippen LogP contribution in [0.3, 0.4) is 0 Å². The van der Waals surface area contributed by atoms with Crippen LogP contribution < -0.4 is 0 Å². The van der Waals surface area contributed by atoms with Crippen LogP contribution in [0.4, 0.5) is 17.6 Å². The number of likely N-dealkylation sites (N-methyl/N-ethyl adjacent to an activating group) is 1. The lowest BCUT2D eigenvalue weighted by atomic mass is 10.1. The fourth-order valence-corrected chi connectivity index (χ4v) is 3.29. The second-order valence-corrected chi connectivity index (χ2v) is 6.79. The van der Waals surface area contributed by atoms with Gasteiger partial charge in [-0.05, 0) is 17.7 Å². The predicted octanol–water partition coefficient (Wildman–Crippen LogP) is 1.64. The Morgan fingerprint density at radius 3 is 2.41 bits per heavy atom. The number of benzene rings is 1. The first kappa shape index (κ1) is 19.4. The molecule has 0 radical (unpaired) electrons. The SMILES string of the molecule is CN1CN(C)C(=O)C(N2CCN(Cc3ccc(F)cc3C(F)(F)F)CC2)=N1. The van der Waals surface area contributed by atoms with Gasteiger partial charge in [0.2, 0.25) is 5.84 Å². The topological polar surface area (TPSA) is 42.4 Å². The van der Waals surface area contributed by atoms with Crippen LogP contribution in [0.15, 0.2) is 23.3 Å². The monoisotopic (exact) mass is 387 g/mol. The van der Waals surface area contributed by atoms with Crippen LogP contribution in [0.25, 0.3) is 0 Å². The van der Waals surface area contributed by atoms with E-state index in [9.17, 15) is 22.4 Å². The molecule has 0 unspecified atom stereocenters. The Morgan fingerprint density at radius 2 is 1.78 bits per heavy atom. The zero-order chi connectivity index (χ0) is 19.8. The maximum absolute atomic E-state index is 13.2. The summed E-state index contributed by atoms with van der Waals surface area (Å²) in [5, 5.41) is 5.94. The Balaban J connectivity index is 1.67. The minimum Gasteiger partial charge on any atom is -0.348 e. The van der Waals surface area contributed by atoms with Crippen molar-refractivity contribution in [3.63, 3.8) is 0 Å². The summed E-state index contributed by atoms with van der Waals surface area (Å²) in [6, 6.07) is 2.76. The molecule has 0 saturated carbocycles. The molecule has 1 aromatic carbocycles. The van der Waals surface area contributed by atoms with Crippen molar-refractivity contribution in [3.05, 3.63) is 35.1 Å². The van der Waals surface area contributed by atoms with Crippen LogP contribution in [0, 0.1) is 5.82 Å². The summed E-state index contributed by atoms with van der Waals surface area (Å²) < 4.78 is 52.7. The molecule has 10 heteroatoms. The van der Waals surface area contributed by atoms with Crippen molar-refractivity contribution in [2.45, 2.75) is 12.7 Å². The van der Waals surface area contributed by atoms with E-state index in [1.165, 1.54) is 6.07 Å². The highest BCUT2D eigenvalue weighted by atomic mass is 19.4. The summed E-state index contributed by atoms with van der Waals surface area (Å²) in [4.78, 5) is 17.5. The fraction of sp³-hybridized carbons (Fsp3) is 0.529. The molecule has 2 aliphatic heterocycles. The Labute approximate surface area is 154 Å². The first-order valence-corrected chi connectivity index (χ1v) is 8.53. The van der Waals surface area contributed by atoms with Crippen LogP contribution in [0.1, 0.15) is 11.1 Å². The van der Waals surface area contributed by atoms with E-state index in [4.69, 9.17) is 0 Å². The van der Waals surface area contributed by atoms with Crippen molar-refractivity contribution in [1.29, 1.82) is 0 Å². The number of amidine groups is 1. The summed E-state index contributed by atoms with van der Waals surface area (Å²) in [6.07, 6.45) is -4.60. The largest absolute Gasteiger partial charge is 0.416 e. The molecule has 148 valence electrons. The second kappa shape index (κ2) is 7.34.